The van der Waals surface area contributed by atoms with Crippen molar-refractivity contribution < 1.29 is 19.2 Å². The lowest BCUT2D eigenvalue weighted by Gasteiger charge is -2.29. The Morgan fingerprint density at radius 3 is 2.56 bits per heavy atom. The second kappa shape index (κ2) is 10.5. The number of rotatable bonds is 8. The topological polar surface area (TPSA) is 146 Å². The zero-order valence-electron chi connectivity index (χ0n) is 19.7. The standard InChI is InChI=1S/C24H32ClN5O4/c1-24(2,3)12-19(30-22(33)18-9-13-6-7-15(25)11-16(13)28-18)23(34)29-17(20(26)31)10-14-5-4-8-27-21(14)32/h6-7,9,11,14,17,19,28H,4-5,8,10,12H2,1-3H3,(H2,26,31)(H,27,32)(H,29,34)(H,30,33)/t14-,17-,19-/m0/s1. The van der Waals surface area contributed by atoms with Gasteiger partial charge in [0.2, 0.25) is 17.7 Å². The Morgan fingerprint density at radius 2 is 1.91 bits per heavy atom. The highest BCUT2D eigenvalue weighted by Gasteiger charge is 2.33. The summed E-state index contributed by atoms with van der Waals surface area (Å²) in [6, 6.07) is 4.99. The number of fused-ring (bicyclic) bond motifs is 1. The van der Waals surface area contributed by atoms with Crippen molar-refractivity contribution in [3.63, 3.8) is 0 Å². The molecule has 184 valence electrons. The summed E-state index contributed by atoms with van der Waals surface area (Å²) in [7, 11) is 0. The van der Waals surface area contributed by atoms with E-state index >= 15 is 0 Å². The molecular weight excluding hydrogens is 458 g/mol. The van der Waals surface area contributed by atoms with E-state index in [1.54, 1.807) is 24.3 Å². The zero-order valence-corrected chi connectivity index (χ0v) is 20.4. The minimum Gasteiger partial charge on any atom is -0.368 e. The second-order valence-electron chi connectivity index (χ2n) is 10.0. The van der Waals surface area contributed by atoms with Crippen LogP contribution in [-0.4, -0.2) is 47.2 Å². The van der Waals surface area contributed by atoms with E-state index in [9.17, 15) is 19.2 Å². The zero-order chi connectivity index (χ0) is 25.0. The van der Waals surface area contributed by atoms with Crippen molar-refractivity contribution in [1.29, 1.82) is 0 Å². The average molecular weight is 490 g/mol. The molecule has 2 heterocycles. The fourth-order valence-electron chi connectivity index (χ4n) is 4.14. The summed E-state index contributed by atoms with van der Waals surface area (Å²) in [5.74, 6) is -2.26. The molecular formula is C24H32ClN5O4. The number of amides is 4. The number of benzene rings is 1. The summed E-state index contributed by atoms with van der Waals surface area (Å²) in [6.07, 6.45) is 1.87. The van der Waals surface area contributed by atoms with Crippen molar-refractivity contribution in [1.82, 2.24) is 20.9 Å². The van der Waals surface area contributed by atoms with E-state index in [1.807, 2.05) is 20.8 Å². The van der Waals surface area contributed by atoms with Crippen LogP contribution < -0.4 is 21.7 Å². The highest BCUT2D eigenvalue weighted by Crippen LogP contribution is 2.23. The molecule has 34 heavy (non-hydrogen) atoms. The van der Waals surface area contributed by atoms with Gasteiger partial charge >= 0.3 is 0 Å². The van der Waals surface area contributed by atoms with Crippen LogP contribution >= 0.6 is 11.6 Å². The minimum atomic E-state index is -1.02. The monoisotopic (exact) mass is 489 g/mol. The van der Waals surface area contributed by atoms with E-state index in [4.69, 9.17) is 17.3 Å². The summed E-state index contributed by atoms with van der Waals surface area (Å²) in [5, 5.41) is 9.56. The highest BCUT2D eigenvalue weighted by molar-refractivity contribution is 6.31. The molecule has 4 amide bonds. The number of hydrogen-bond acceptors (Lipinski definition) is 4. The normalized spacial score (nSPS) is 18.1. The largest absolute Gasteiger partial charge is 0.368 e. The lowest BCUT2D eigenvalue weighted by Crippen LogP contribution is -2.55. The molecule has 9 nitrogen and oxygen atoms in total. The summed E-state index contributed by atoms with van der Waals surface area (Å²) < 4.78 is 0. The molecule has 10 heteroatoms. The van der Waals surface area contributed by atoms with Crippen LogP contribution in [-0.2, 0) is 14.4 Å². The SMILES string of the molecule is CC(C)(C)C[C@H](NC(=O)c1cc2ccc(Cl)cc2[nH]1)C(=O)N[C@@H](C[C@@H]1CCCNC1=O)C(N)=O. The first-order valence-corrected chi connectivity index (χ1v) is 11.8. The van der Waals surface area contributed by atoms with Gasteiger partial charge in [0.1, 0.15) is 17.8 Å². The molecule has 1 aliphatic heterocycles. The Labute approximate surface area is 203 Å². The fourth-order valence-corrected chi connectivity index (χ4v) is 4.31. The van der Waals surface area contributed by atoms with Crippen LogP contribution in [0.25, 0.3) is 10.9 Å². The molecule has 0 spiro atoms. The highest BCUT2D eigenvalue weighted by atomic mass is 35.5. The maximum atomic E-state index is 13.2. The molecule has 0 aliphatic carbocycles. The molecule has 3 rings (SSSR count). The molecule has 1 aliphatic rings. The van der Waals surface area contributed by atoms with Crippen molar-refractivity contribution in [2.45, 2.75) is 58.5 Å². The van der Waals surface area contributed by atoms with Crippen molar-refractivity contribution >= 4 is 46.1 Å². The molecule has 1 fully saturated rings. The van der Waals surface area contributed by atoms with Gasteiger partial charge in [-0.3, -0.25) is 19.2 Å². The average Bonchev–Trinajstić information content (AvgIpc) is 3.16. The van der Waals surface area contributed by atoms with E-state index in [-0.39, 0.29) is 23.4 Å². The van der Waals surface area contributed by atoms with Crippen LogP contribution in [0.5, 0.6) is 0 Å². The molecule has 0 bridgehead atoms. The molecule has 0 unspecified atom stereocenters. The number of H-pyrrole nitrogens is 1. The molecule has 0 saturated carbocycles. The van der Waals surface area contributed by atoms with Crippen LogP contribution in [0, 0.1) is 11.3 Å². The summed E-state index contributed by atoms with van der Waals surface area (Å²) in [4.78, 5) is 53.4. The Kier molecular flexibility index (Phi) is 7.86. The third-order valence-corrected chi connectivity index (χ3v) is 6.08. The molecule has 2 aromatic rings. The number of primary amides is 1. The number of carbonyl (C=O) groups excluding carboxylic acids is 4. The van der Waals surface area contributed by atoms with Crippen molar-refractivity contribution in [3.05, 3.63) is 35.0 Å². The van der Waals surface area contributed by atoms with Gasteiger partial charge in [-0.25, -0.2) is 0 Å². The lowest BCUT2D eigenvalue weighted by atomic mass is 9.87. The predicted octanol–water partition coefficient (Wildman–Crippen LogP) is 2.24. The third-order valence-electron chi connectivity index (χ3n) is 5.85. The van der Waals surface area contributed by atoms with Crippen molar-refractivity contribution in [2.24, 2.45) is 17.1 Å². The van der Waals surface area contributed by atoms with Crippen LogP contribution in [0.2, 0.25) is 5.02 Å². The first-order valence-electron chi connectivity index (χ1n) is 11.4. The van der Waals surface area contributed by atoms with Crippen molar-refractivity contribution in [3.8, 4) is 0 Å². The van der Waals surface area contributed by atoms with Gasteiger partial charge in [0.05, 0.1) is 0 Å². The predicted molar refractivity (Wildman–Crippen MR) is 130 cm³/mol. The number of nitrogens with one attached hydrogen (secondary N) is 4. The quantitative estimate of drug-likeness (QED) is 0.387. The molecule has 6 N–H and O–H groups in total. The smallest absolute Gasteiger partial charge is 0.268 e. The van der Waals surface area contributed by atoms with Gasteiger partial charge in [-0.2, -0.15) is 0 Å². The van der Waals surface area contributed by atoms with Gasteiger partial charge < -0.3 is 26.7 Å². The van der Waals surface area contributed by atoms with Crippen LogP contribution in [0.1, 0.15) is 56.9 Å². The number of carbonyl (C=O) groups is 4. The molecule has 3 atom stereocenters. The van der Waals surface area contributed by atoms with Gasteiger partial charge in [0.25, 0.3) is 5.91 Å². The van der Waals surface area contributed by atoms with E-state index in [2.05, 4.69) is 20.9 Å². The first kappa shape index (κ1) is 25.6. The van der Waals surface area contributed by atoms with Crippen LogP contribution in [0.15, 0.2) is 24.3 Å². The van der Waals surface area contributed by atoms with Crippen molar-refractivity contribution in [2.75, 3.05) is 6.54 Å². The molecule has 0 radical (unpaired) electrons. The minimum absolute atomic E-state index is 0.117. The number of nitrogens with two attached hydrogens (primary N) is 1. The number of hydrogen-bond donors (Lipinski definition) is 5. The van der Waals surface area contributed by atoms with Crippen LogP contribution in [0.3, 0.4) is 0 Å². The Morgan fingerprint density at radius 1 is 1.18 bits per heavy atom. The number of aromatic nitrogens is 1. The van der Waals surface area contributed by atoms with E-state index in [0.29, 0.717) is 29.9 Å². The fraction of sp³-hybridized carbons (Fsp3) is 0.500. The van der Waals surface area contributed by atoms with E-state index < -0.39 is 35.7 Å². The number of halogens is 1. The van der Waals surface area contributed by atoms with E-state index in [0.717, 1.165) is 11.8 Å². The van der Waals surface area contributed by atoms with Crippen LogP contribution in [0.4, 0.5) is 0 Å². The van der Waals surface area contributed by atoms with Gasteiger partial charge in [-0.15, -0.1) is 0 Å². The molecule has 1 aromatic heterocycles. The Hall–Kier alpha value is -3.07. The Balaban J connectivity index is 1.75. The first-order chi connectivity index (χ1) is 15.9. The van der Waals surface area contributed by atoms with E-state index in [1.165, 1.54) is 0 Å². The van der Waals surface area contributed by atoms with Gasteiger partial charge in [-0.1, -0.05) is 38.4 Å². The van der Waals surface area contributed by atoms with Gasteiger partial charge in [0.15, 0.2) is 0 Å². The lowest BCUT2D eigenvalue weighted by molar-refractivity contribution is -0.131. The maximum absolute atomic E-state index is 13.2. The van der Waals surface area contributed by atoms with Gasteiger partial charge in [0, 0.05) is 28.4 Å². The maximum Gasteiger partial charge on any atom is 0.268 e. The molecule has 1 saturated heterocycles. The summed E-state index contributed by atoms with van der Waals surface area (Å²) in [5.41, 5.74) is 6.23. The Bertz CT molecular complexity index is 1090. The number of aromatic amines is 1. The second-order valence-corrected chi connectivity index (χ2v) is 10.5. The third kappa shape index (κ3) is 6.72. The number of piperidine rings is 1. The van der Waals surface area contributed by atoms with Gasteiger partial charge in [-0.05, 0) is 49.3 Å². The summed E-state index contributed by atoms with van der Waals surface area (Å²) in [6.45, 7) is 6.44. The summed E-state index contributed by atoms with van der Waals surface area (Å²) >= 11 is 6.02. The molecule has 1 aromatic carbocycles.